The highest BCUT2D eigenvalue weighted by atomic mass is 16.8. The van der Waals surface area contributed by atoms with Crippen molar-refractivity contribution < 1.29 is 4.94 Å². The minimum absolute atomic E-state index is 0.227. The number of hydroxylamine groups is 2. The SMILES string of the molecule is CN1ON=C2C=CC=CC21. The Morgan fingerprint density at radius 3 is 3.30 bits per heavy atom. The smallest absolute Gasteiger partial charge is 0.112 e. The summed E-state index contributed by atoms with van der Waals surface area (Å²) in [5.74, 6) is 0. The predicted octanol–water partition coefficient (Wildman–Crippen LogP) is 0.714. The molecule has 0 spiro atoms. The first-order valence-corrected chi connectivity index (χ1v) is 3.20. The maximum absolute atomic E-state index is 4.92. The van der Waals surface area contributed by atoms with Gasteiger partial charge in [-0.3, -0.25) is 4.94 Å². The zero-order valence-electron chi connectivity index (χ0n) is 5.69. The van der Waals surface area contributed by atoms with Crippen molar-refractivity contribution in [3.05, 3.63) is 24.3 Å². The van der Waals surface area contributed by atoms with Gasteiger partial charge in [0.2, 0.25) is 0 Å². The third kappa shape index (κ3) is 0.675. The van der Waals surface area contributed by atoms with E-state index in [1.807, 2.05) is 31.4 Å². The van der Waals surface area contributed by atoms with E-state index in [2.05, 4.69) is 5.16 Å². The van der Waals surface area contributed by atoms with Crippen LogP contribution in [0.15, 0.2) is 29.5 Å². The summed E-state index contributed by atoms with van der Waals surface area (Å²) in [5, 5.41) is 5.56. The highest BCUT2D eigenvalue weighted by Crippen LogP contribution is 2.14. The average molecular weight is 136 g/mol. The van der Waals surface area contributed by atoms with E-state index in [9.17, 15) is 0 Å². The molecule has 0 saturated carbocycles. The molecule has 0 aromatic heterocycles. The second kappa shape index (κ2) is 1.95. The van der Waals surface area contributed by atoms with Crippen LogP contribution in [0, 0.1) is 0 Å². The van der Waals surface area contributed by atoms with Gasteiger partial charge >= 0.3 is 0 Å². The topological polar surface area (TPSA) is 24.8 Å². The Morgan fingerprint density at radius 1 is 1.60 bits per heavy atom. The number of rotatable bonds is 0. The fraction of sp³-hybridized carbons (Fsp3) is 0.286. The molecule has 2 rings (SSSR count). The van der Waals surface area contributed by atoms with Gasteiger partial charge in [-0.1, -0.05) is 23.4 Å². The number of hydrogen-bond acceptors (Lipinski definition) is 3. The fourth-order valence-electron chi connectivity index (χ4n) is 1.07. The Morgan fingerprint density at radius 2 is 2.50 bits per heavy atom. The molecule has 0 radical (unpaired) electrons. The van der Waals surface area contributed by atoms with Crippen molar-refractivity contribution in [3.63, 3.8) is 0 Å². The lowest BCUT2D eigenvalue weighted by molar-refractivity contribution is -0.123. The van der Waals surface area contributed by atoms with E-state index in [1.54, 1.807) is 5.06 Å². The zero-order valence-corrected chi connectivity index (χ0v) is 5.69. The van der Waals surface area contributed by atoms with Crippen molar-refractivity contribution in [2.24, 2.45) is 5.16 Å². The van der Waals surface area contributed by atoms with Gasteiger partial charge in [0.25, 0.3) is 0 Å². The molecule has 3 heteroatoms. The highest BCUT2D eigenvalue weighted by molar-refractivity contribution is 6.01. The number of nitrogens with zero attached hydrogens (tertiary/aromatic N) is 2. The van der Waals surface area contributed by atoms with Crippen LogP contribution < -0.4 is 0 Å². The van der Waals surface area contributed by atoms with Gasteiger partial charge in [0.15, 0.2) is 0 Å². The molecule has 0 N–H and O–H groups in total. The summed E-state index contributed by atoms with van der Waals surface area (Å²) in [6.07, 6.45) is 7.95. The lowest BCUT2D eigenvalue weighted by atomic mass is 10.1. The number of hydrogen-bond donors (Lipinski definition) is 0. The summed E-state index contributed by atoms with van der Waals surface area (Å²) < 4.78 is 0. The molecule has 1 unspecified atom stereocenters. The Balaban J connectivity index is 2.30. The number of likely N-dealkylation sites (N-methyl/N-ethyl adjacent to an activating group) is 1. The molecule has 0 aromatic carbocycles. The summed E-state index contributed by atoms with van der Waals surface area (Å²) in [7, 11) is 1.87. The summed E-state index contributed by atoms with van der Waals surface area (Å²) in [6.45, 7) is 0. The first-order chi connectivity index (χ1) is 4.88. The molecule has 10 heavy (non-hydrogen) atoms. The molecule has 1 atom stereocenters. The van der Waals surface area contributed by atoms with E-state index >= 15 is 0 Å². The number of allylic oxidation sites excluding steroid dienone is 2. The molecule has 0 saturated heterocycles. The average Bonchev–Trinajstić information content (AvgIpc) is 2.34. The van der Waals surface area contributed by atoms with E-state index in [1.165, 1.54) is 0 Å². The van der Waals surface area contributed by atoms with Crippen molar-refractivity contribution in [1.82, 2.24) is 5.06 Å². The van der Waals surface area contributed by atoms with Crippen LogP contribution in [-0.2, 0) is 4.94 Å². The van der Waals surface area contributed by atoms with Crippen LogP contribution in [0.1, 0.15) is 0 Å². The molecule has 1 heterocycles. The third-order valence-electron chi connectivity index (χ3n) is 1.64. The highest BCUT2D eigenvalue weighted by Gasteiger charge is 2.25. The van der Waals surface area contributed by atoms with E-state index in [4.69, 9.17) is 4.94 Å². The first kappa shape index (κ1) is 5.68. The van der Waals surface area contributed by atoms with Gasteiger partial charge in [-0.05, 0) is 6.08 Å². The summed E-state index contributed by atoms with van der Waals surface area (Å²) in [6, 6.07) is 0.227. The van der Waals surface area contributed by atoms with Gasteiger partial charge in [-0.25, -0.2) is 0 Å². The van der Waals surface area contributed by atoms with E-state index in [-0.39, 0.29) is 6.04 Å². The molecule has 0 aromatic rings. The van der Waals surface area contributed by atoms with Crippen molar-refractivity contribution in [2.75, 3.05) is 7.05 Å². The lowest BCUT2D eigenvalue weighted by Crippen LogP contribution is -2.29. The molecular formula is C7H8N2O. The van der Waals surface area contributed by atoms with Gasteiger partial charge in [0.05, 0.1) is 0 Å². The maximum Gasteiger partial charge on any atom is 0.112 e. The van der Waals surface area contributed by atoms with Crippen LogP contribution in [0.4, 0.5) is 0 Å². The summed E-state index contributed by atoms with van der Waals surface area (Å²) >= 11 is 0. The normalized spacial score (nSPS) is 29.7. The van der Waals surface area contributed by atoms with E-state index in [0.29, 0.717) is 0 Å². The van der Waals surface area contributed by atoms with Gasteiger partial charge in [0.1, 0.15) is 11.8 Å². The molecule has 2 aliphatic rings. The van der Waals surface area contributed by atoms with Crippen molar-refractivity contribution in [3.8, 4) is 0 Å². The number of fused-ring (bicyclic) bond motifs is 1. The van der Waals surface area contributed by atoms with Gasteiger partial charge in [0, 0.05) is 7.05 Å². The first-order valence-electron chi connectivity index (χ1n) is 3.20. The monoisotopic (exact) mass is 136 g/mol. The molecule has 0 amide bonds. The molecule has 0 bridgehead atoms. The number of oxime groups is 1. The van der Waals surface area contributed by atoms with Crippen molar-refractivity contribution >= 4 is 5.71 Å². The summed E-state index contributed by atoms with van der Waals surface area (Å²) in [4.78, 5) is 4.92. The molecule has 1 aliphatic heterocycles. The van der Waals surface area contributed by atoms with Crippen LogP contribution in [0.2, 0.25) is 0 Å². The van der Waals surface area contributed by atoms with Crippen LogP contribution in [-0.4, -0.2) is 23.9 Å². The Labute approximate surface area is 59.2 Å². The van der Waals surface area contributed by atoms with Crippen molar-refractivity contribution in [2.45, 2.75) is 6.04 Å². The lowest BCUT2D eigenvalue weighted by Gasteiger charge is -2.13. The molecular weight excluding hydrogens is 128 g/mol. The molecule has 3 nitrogen and oxygen atoms in total. The Bertz CT molecular complexity index is 230. The Hall–Kier alpha value is -1.09. The van der Waals surface area contributed by atoms with Crippen LogP contribution in [0.25, 0.3) is 0 Å². The van der Waals surface area contributed by atoms with Gasteiger partial charge in [-0.2, -0.15) is 0 Å². The third-order valence-corrected chi connectivity index (χ3v) is 1.64. The standard InChI is InChI=1S/C7H8N2O/c1-9-7-5-3-2-4-6(7)8-10-9/h2-5,7H,1H3. The minimum atomic E-state index is 0.227. The van der Waals surface area contributed by atoms with Crippen LogP contribution in [0.3, 0.4) is 0 Å². The minimum Gasteiger partial charge on any atom is -0.296 e. The molecule has 0 fully saturated rings. The second-order valence-corrected chi connectivity index (χ2v) is 2.33. The van der Waals surface area contributed by atoms with Crippen LogP contribution in [0.5, 0.6) is 0 Å². The quantitative estimate of drug-likeness (QED) is 0.490. The zero-order chi connectivity index (χ0) is 6.97. The molecule has 52 valence electrons. The predicted molar refractivity (Wildman–Crippen MR) is 38.4 cm³/mol. The Kier molecular flexibility index (Phi) is 1.11. The molecule has 1 aliphatic carbocycles. The van der Waals surface area contributed by atoms with E-state index < -0.39 is 0 Å². The van der Waals surface area contributed by atoms with Crippen LogP contribution >= 0.6 is 0 Å². The maximum atomic E-state index is 4.92. The van der Waals surface area contributed by atoms with Crippen molar-refractivity contribution in [1.29, 1.82) is 0 Å². The summed E-state index contributed by atoms with van der Waals surface area (Å²) in [5.41, 5.74) is 0.977. The van der Waals surface area contributed by atoms with E-state index in [0.717, 1.165) is 5.71 Å². The fourth-order valence-corrected chi connectivity index (χ4v) is 1.07. The largest absolute Gasteiger partial charge is 0.296 e. The van der Waals surface area contributed by atoms with Gasteiger partial charge in [-0.15, -0.1) is 5.06 Å². The second-order valence-electron chi connectivity index (χ2n) is 2.33. The van der Waals surface area contributed by atoms with Gasteiger partial charge < -0.3 is 0 Å².